The largest absolute Gasteiger partial charge is 0.367 e. The van der Waals surface area contributed by atoms with Gasteiger partial charge in [0.15, 0.2) is 0 Å². The molecule has 0 radical (unpaired) electrons. The van der Waals surface area contributed by atoms with Crippen molar-refractivity contribution in [2.75, 3.05) is 36.0 Å². The zero-order valence-corrected chi connectivity index (χ0v) is 19.6. The lowest BCUT2D eigenvalue weighted by molar-refractivity contribution is 0.0745. The molecule has 1 aliphatic carbocycles. The van der Waals surface area contributed by atoms with Crippen LogP contribution in [-0.4, -0.2) is 52.9 Å². The van der Waals surface area contributed by atoms with Crippen LogP contribution in [-0.2, 0) is 5.54 Å². The van der Waals surface area contributed by atoms with Crippen LogP contribution in [0.25, 0.3) is 0 Å². The van der Waals surface area contributed by atoms with E-state index in [-0.39, 0.29) is 17.4 Å². The normalized spacial score (nSPS) is 18.4. The number of nitrogens with zero attached hydrogens (tertiary/aromatic N) is 5. The molecule has 172 valence electrons. The maximum atomic E-state index is 13.3. The second kappa shape index (κ2) is 7.81. The Morgan fingerprint density at radius 3 is 2.47 bits per heavy atom. The van der Waals surface area contributed by atoms with Crippen molar-refractivity contribution in [3.8, 4) is 0 Å². The Morgan fingerprint density at radius 1 is 0.971 bits per heavy atom. The number of hydrogen-bond donors (Lipinski definition) is 0. The molecule has 4 heterocycles. The predicted octanol–water partition coefficient (Wildman–Crippen LogP) is 4.05. The predicted molar refractivity (Wildman–Crippen MR) is 131 cm³/mol. The molecule has 3 aromatic rings. The molecule has 3 aliphatic rings. The first-order valence-corrected chi connectivity index (χ1v) is 11.9. The molecule has 0 bridgehead atoms. The van der Waals surface area contributed by atoms with Crippen molar-refractivity contribution in [3.05, 3.63) is 82.4 Å². The zero-order chi connectivity index (χ0) is 23.4. The molecule has 2 fully saturated rings. The number of anilines is 2. The minimum atomic E-state index is -0.301. The van der Waals surface area contributed by atoms with E-state index in [2.05, 4.69) is 14.9 Å². The fourth-order valence-electron chi connectivity index (χ4n) is 5.24. The molecule has 2 amide bonds. The maximum absolute atomic E-state index is 13.3. The van der Waals surface area contributed by atoms with E-state index in [1.807, 2.05) is 47.2 Å². The van der Waals surface area contributed by atoms with E-state index < -0.39 is 0 Å². The van der Waals surface area contributed by atoms with E-state index in [1.54, 1.807) is 24.7 Å². The highest BCUT2D eigenvalue weighted by Gasteiger charge is 2.58. The molecule has 1 saturated heterocycles. The van der Waals surface area contributed by atoms with Crippen LogP contribution in [0.3, 0.4) is 0 Å². The van der Waals surface area contributed by atoms with E-state index in [0.717, 1.165) is 40.9 Å². The molecular weight excluding hydrogens is 450 g/mol. The lowest BCUT2D eigenvalue weighted by Crippen LogP contribution is -2.49. The summed E-state index contributed by atoms with van der Waals surface area (Å²) in [6.07, 6.45) is 8.78. The van der Waals surface area contributed by atoms with Gasteiger partial charge in [-0.3, -0.25) is 24.5 Å². The van der Waals surface area contributed by atoms with Crippen molar-refractivity contribution in [2.24, 2.45) is 0 Å². The van der Waals surface area contributed by atoms with Crippen molar-refractivity contribution < 1.29 is 9.59 Å². The fourth-order valence-corrected chi connectivity index (χ4v) is 5.41. The summed E-state index contributed by atoms with van der Waals surface area (Å²) in [5, 5.41) is 0.653. The minimum Gasteiger partial charge on any atom is -0.367 e. The Hall–Kier alpha value is -3.45. The third kappa shape index (κ3) is 3.26. The number of aromatic nitrogens is 2. The van der Waals surface area contributed by atoms with Gasteiger partial charge in [-0.25, -0.2) is 0 Å². The number of halogens is 1. The summed E-state index contributed by atoms with van der Waals surface area (Å²) in [4.78, 5) is 40.8. The van der Waals surface area contributed by atoms with E-state index in [9.17, 15) is 9.59 Å². The number of carbonyl (C=O) groups excluding carboxylic acids is 2. The van der Waals surface area contributed by atoms with Crippen molar-refractivity contribution in [1.82, 2.24) is 14.9 Å². The third-order valence-electron chi connectivity index (χ3n) is 7.24. The first kappa shape index (κ1) is 21.1. The number of hydrogen-bond acceptors (Lipinski definition) is 5. The van der Waals surface area contributed by atoms with Gasteiger partial charge in [-0.1, -0.05) is 11.6 Å². The van der Waals surface area contributed by atoms with Crippen LogP contribution in [0.2, 0.25) is 5.02 Å². The summed E-state index contributed by atoms with van der Waals surface area (Å²) in [5.41, 5.74) is 4.80. The van der Waals surface area contributed by atoms with Crippen LogP contribution in [0, 0.1) is 6.92 Å². The molecule has 2 aromatic heterocycles. The fraction of sp³-hybridized carbons (Fsp3) is 0.308. The van der Waals surface area contributed by atoms with Crippen molar-refractivity contribution >= 4 is 34.8 Å². The second-order valence-electron chi connectivity index (χ2n) is 9.23. The van der Waals surface area contributed by atoms with Crippen LogP contribution >= 0.6 is 11.6 Å². The molecule has 34 heavy (non-hydrogen) atoms. The Kier molecular flexibility index (Phi) is 4.85. The monoisotopic (exact) mass is 473 g/mol. The van der Waals surface area contributed by atoms with Crippen molar-refractivity contribution in [2.45, 2.75) is 25.3 Å². The Balaban J connectivity index is 1.21. The number of carbonyl (C=O) groups is 2. The van der Waals surface area contributed by atoms with Gasteiger partial charge in [0, 0.05) is 49.2 Å². The molecule has 0 N–H and O–H groups in total. The first-order valence-electron chi connectivity index (χ1n) is 11.5. The van der Waals surface area contributed by atoms with Crippen molar-refractivity contribution in [3.63, 3.8) is 0 Å². The number of benzene rings is 1. The lowest BCUT2D eigenvalue weighted by atomic mass is 10.0. The molecule has 8 heteroatoms. The number of amides is 2. The number of pyridine rings is 2. The SMILES string of the molecule is Cc1ccncc1C(=O)N1CCN(c2cncc(N3C(=O)c4ccc(Cl)cc4C34CC4)c2)CC1. The number of aryl methyl sites for hydroxylation is 1. The Labute approximate surface area is 203 Å². The van der Waals surface area contributed by atoms with Gasteiger partial charge >= 0.3 is 0 Å². The standard InChI is InChI=1S/C26H24ClN5O2/c1-17-4-7-28-16-22(17)24(33)31-10-8-30(9-11-31)19-13-20(15-29-14-19)32-25(34)21-3-2-18(27)12-23(21)26(32)5-6-26/h2-4,7,12-16H,5-6,8-11H2,1H3. The summed E-state index contributed by atoms with van der Waals surface area (Å²) in [6.45, 7) is 4.57. The van der Waals surface area contributed by atoms with Crippen LogP contribution in [0.4, 0.5) is 11.4 Å². The van der Waals surface area contributed by atoms with Crippen LogP contribution in [0.15, 0.2) is 55.1 Å². The van der Waals surface area contributed by atoms with E-state index in [1.165, 1.54) is 0 Å². The smallest absolute Gasteiger partial charge is 0.259 e. The maximum Gasteiger partial charge on any atom is 0.259 e. The van der Waals surface area contributed by atoms with Crippen molar-refractivity contribution in [1.29, 1.82) is 0 Å². The van der Waals surface area contributed by atoms with Crippen LogP contribution < -0.4 is 9.80 Å². The van der Waals surface area contributed by atoms with E-state index in [0.29, 0.717) is 36.8 Å². The third-order valence-corrected chi connectivity index (χ3v) is 7.47. The number of fused-ring (bicyclic) bond motifs is 2. The Bertz CT molecular complexity index is 1310. The topological polar surface area (TPSA) is 69.6 Å². The van der Waals surface area contributed by atoms with Gasteiger partial charge in [-0.15, -0.1) is 0 Å². The molecule has 0 unspecified atom stereocenters. The average molecular weight is 474 g/mol. The Morgan fingerprint density at radius 2 is 1.74 bits per heavy atom. The van der Waals surface area contributed by atoms with Gasteiger partial charge in [0.25, 0.3) is 11.8 Å². The highest BCUT2D eigenvalue weighted by molar-refractivity contribution is 6.31. The second-order valence-corrected chi connectivity index (χ2v) is 9.67. The number of rotatable bonds is 3. The summed E-state index contributed by atoms with van der Waals surface area (Å²) in [5.74, 6) is 0.0252. The summed E-state index contributed by atoms with van der Waals surface area (Å²) in [6, 6.07) is 9.44. The molecule has 1 aromatic carbocycles. The van der Waals surface area contributed by atoms with Crippen LogP contribution in [0.5, 0.6) is 0 Å². The number of piperazine rings is 1. The molecular formula is C26H24ClN5O2. The van der Waals surface area contributed by atoms with Gasteiger partial charge in [-0.05, 0) is 61.2 Å². The molecule has 1 spiro atoms. The van der Waals surface area contributed by atoms with Gasteiger partial charge in [0.1, 0.15) is 0 Å². The van der Waals surface area contributed by atoms with Gasteiger partial charge in [-0.2, -0.15) is 0 Å². The molecule has 0 atom stereocenters. The average Bonchev–Trinajstić information content (AvgIpc) is 3.61. The van der Waals surface area contributed by atoms with Crippen LogP contribution in [0.1, 0.15) is 44.7 Å². The quantitative estimate of drug-likeness (QED) is 0.574. The summed E-state index contributed by atoms with van der Waals surface area (Å²) >= 11 is 6.25. The van der Waals surface area contributed by atoms with Gasteiger partial charge < -0.3 is 9.80 Å². The first-order chi connectivity index (χ1) is 16.5. The van der Waals surface area contributed by atoms with E-state index in [4.69, 9.17) is 11.6 Å². The zero-order valence-electron chi connectivity index (χ0n) is 18.9. The minimum absolute atomic E-state index is 0.00498. The molecule has 2 aliphatic heterocycles. The highest BCUT2D eigenvalue weighted by Crippen LogP contribution is 2.58. The van der Waals surface area contributed by atoms with Gasteiger partial charge in [0.05, 0.1) is 34.9 Å². The summed E-state index contributed by atoms with van der Waals surface area (Å²) in [7, 11) is 0. The molecule has 7 nitrogen and oxygen atoms in total. The summed E-state index contributed by atoms with van der Waals surface area (Å²) < 4.78 is 0. The van der Waals surface area contributed by atoms with Gasteiger partial charge in [0.2, 0.25) is 0 Å². The lowest BCUT2D eigenvalue weighted by Gasteiger charge is -2.36. The van der Waals surface area contributed by atoms with E-state index >= 15 is 0 Å². The highest BCUT2D eigenvalue weighted by atomic mass is 35.5. The molecule has 6 rings (SSSR count). The molecule has 1 saturated carbocycles.